The summed E-state index contributed by atoms with van der Waals surface area (Å²) in [6.07, 6.45) is 6.65. The van der Waals surface area contributed by atoms with Crippen LogP contribution in [0.2, 0.25) is 0 Å². The Morgan fingerprint density at radius 3 is 2.82 bits per heavy atom. The molecule has 1 aromatic rings. The number of hydrogen-bond donors (Lipinski definition) is 2. The van der Waals surface area contributed by atoms with Gasteiger partial charge in [-0.25, -0.2) is 0 Å². The molecular formula is C12H14N4O. The minimum absolute atomic E-state index is 0.265. The Kier molecular flexibility index (Phi) is 4.16. The lowest BCUT2D eigenvalue weighted by Gasteiger charge is -2.01. The van der Waals surface area contributed by atoms with Crippen LogP contribution >= 0.6 is 0 Å². The van der Waals surface area contributed by atoms with Gasteiger partial charge in [0.15, 0.2) is 5.96 Å². The second kappa shape index (κ2) is 5.60. The third-order valence-electron chi connectivity index (χ3n) is 2.02. The summed E-state index contributed by atoms with van der Waals surface area (Å²) >= 11 is 0. The molecule has 5 heteroatoms. The van der Waals surface area contributed by atoms with Gasteiger partial charge in [0.2, 0.25) is 0 Å². The fraction of sp³-hybridized carbons (Fsp3) is 0.0833. The first-order chi connectivity index (χ1) is 8.04. The lowest BCUT2D eigenvalue weighted by Crippen LogP contribution is -2.24. The topological polar surface area (TPSA) is 94.4 Å². The van der Waals surface area contributed by atoms with Crippen LogP contribution in [0.15, 0.2) is 36.0 Å². The number of aliphatic imine (C=N–C) groups is 1. The molecule has 0 aliphatic heterocycles. The van der Waals surface area contributed by atoms with E-state index in [0.29, 0.717) is 5.56 Å². The second-order valence-electron chi connectivity index (χ2n) is 3.34. The van der Waals surface area contributed by atoms with Crippen LogP contribution in [0.5, 0.6) is 0 Å². The van der Waals surface area contributed by atoms with Crippen LogP contribution in [0.4, 0.5) is 0 Å². The Balaban J connectivity index is 3.12. The number of nitrogens with two attached hydrogens (primary N) is 2. The van der Waals surface area contributed by atoms with Crippen LogP contribution in [0.25, 0.3) is 6.08 Å². The molecule has 0 bridgehead atoms. The lowest BCUT2D eigenvalue weighted by molar-refractivity contribution is 0.100. The summed E-state index contributed by atoms with van der Waals surface area (Å²) in [7, 11) is 0. The molecule has 1 amide bonds. The number of pyridine rings is 1. The van der Waals surface area contributed by atoms with Crippen LogP contribution in [0.1, 0.15) is 21.6 Å². The van der Waals surface area contributed by atoms with E-state index < -0.39 is 5.91 Å². The second-order valence-corrected chi connectivity index (χ2v) is 3.34. The predicted octanol–water partition coefficient (Wildman–Crippen LogP) is 1.00. The highest BCUT2D eigenvalue weighted by atomic mass is 16.1. The molecule has 0 unspecified atom stereocenters. The quantitative estimate of drug-likeness (QED) is 0.460. The van der Waals surface area contributed by atoms with Crippen molar-refractivity contribution in [3.63, 3.8) is 0 Å². The predicted molar refractivity (Wildman–Crippen MR) is 68.3 cm³/mol. The zero-order valence-electron chi connectivity index (χ0n) is 9.55. The van der Waals surface area contributed by atoms with E-state index in [4.69, 9.17) is 11.5 Å². The number of carbonyl (C=O) groups excluding carboxylic acids is 1. The van der Waals surface area contributed by atoms with Gasteiger partial charge < -0.3 is 11.5 Å². The molecule has 1 aromatic heterocycles. The van der Waals surface area contributed by atoms with Crippen LogP contribution in [0, 0.1) is 6.92 Å². The van der Waals surface area contributed by atoms with Gasteiger partial charge in [-0.3, -0.25) is 9.78 Å². The Labute approximate surface area is 99.6 Å². The molecule has 5 nitrogen and oxygen atoms in total. The molecule has 1 heterocycles. The van der Waals surface area contributed by atoms with Gasteiger partial charge in [-0.1, -0.05) is 24.8 Å². The summed E-state index contributed by atoms with van der Waals surface area (Å²) in [5, 5.41) is 0. The normalized spacial score (nSPS) is 10.2. The average molecular weight is 230 g/mol. The lowest BCUT2D eigenvalue weighted by atomic mass is 10.1. The number of amides is 1. The maximum atomic E-state index is 11.6. The van der Waals surface area contributed by atoms with Crippen molar-refractivity contribution in [3.05, 3.63) is 47.8 Å². The Morgan fingerprint density at radius 2 is 2.24 bits per heavy atom. The van der Waals surface area contributed by atoms with Crippen molar-refractivity contribution >= 4 is 17.9 Å². The molecule has 0 saturated carbocycles. The van der Waals surface area contributed by atoms with Crippen LogP contribution in [-0.2, 0) is 0 Å². The van der Waals surface area contributed by atoms with Gasteiger partial charge in [0.1, 0.15) is 0 Å². The van der Waals surface area contributed by atoms with Crippen LogP contribution in [0.3, 0.4) is 0 Å². The molecule has 0 aliphatic rings. The zero-order valence-corrected chi connectivity index (χ0v) is 9.55. The number of hydrogen-bond acceptors (Lipinski definition) is 2. The highest BCUT2D eigenvalue weighted by molar-refractivity contribution is 6.02. The van der Waals surface area contributed by atoms with Crippen molar-refractivity contribution in [2.24, 2.45) is 16.5 Å². The smallest absolute Gasteiger partial charge is 0.281 e. The number of aromatic nitrogens is 1. The summed E-state index contributed by atoms with van der Waals surface area (Å²) in [6, 6.07) is 1.68. The Morgan fingerprint density at radius 1 is 1.53 bits per heavy atom. The summed E-state index contributed by atoms with van der Waals surface area (Å²) < 4.78 is 0. The molecule has 0 atom stereocenters. The number of carbonyl (C=O) groups is 1. The van der Waals surface area contributed by atoms with Gasteiger partial charge in [0.05, 0.1) is 5.56 Å². The number of rotatable bonds is 3. The van der Waals surface area contributed by atoms with E-state index in [-0.39, 0.29) is 5.96 Å². The summed E-state index contributed by atoms with van der Waals surface area (Å²) in [5.74, 6) is -0.774. The van der Waals surface area contributed by atoms with E-state index in [1.807, 2.05) is 13.0 Å². The van der Waals surface area contributed by atoms with Gasteiger partial charge in [0.25, 0.3) is 5.91 Å². The van der Waals surface area contributed by atoms with Crippen LogP contribution < -0.4 is 11.5 Å². The van der Waals surface area contributed by atoms with Crippen molar-refractivity contribution in [1.29, 1.82) is 0 Å². The van der Waals surface area contributed by atoms with E-state index in [9.17, 15) is 4.79 Å². The number of nitrogens with zero attached hydrogens (tertiary/aromatic N) is 2. The standard InChI is InChI=1S/C12H14N4O/c1-3-4-5-9-6-10(7-15-8(9)2)11(17)16-12(13)14/h3-7H,1H2,2H3,(H4,13,14,16,17)/b5-4-. The van der Waals surface area contributed by atoms with Crippen molar-refractivity contribution in [1.82, 2.24) is 4.98 Å². The molecule has 0 fully saturated rings. The summed E-state index contributed by atoms with van der Waals surface area (Å²) in [5.41, 5.74) is 12.2. The average Bonchev–Trinajstić information content (AvgIpc) is 2.27. The van der Waals surface area contributed by atoms with Crippen molar-refractivity contribution < 1.29 is 4.79 Å². The third-order valence-corrected chi connectivity index (χ3v) is 2.02. The first kappa shape index (κ1) is 12.6. The van der Waals surface area contributed by atoms with Crippen molar-refractivity contribution in [2.45, 2.75) is 6.92 Å². The van der Waals surface area contributed by atoms with Crippen molar-refractivity contribution in [2.75, 3.05) is 0 Å². The fourth-order valence-electron chi connectivity index (χ4n) is 1.19. The minimum Gasteiger partial charge on any atom is -0.370 e. The van der Waals surface area contributed by atoms with Gasteiger partial charge in [0, 0.05) is 11.9 Å². The zero-order chi connectivity index (χ0) is 12.8. The van der Waals surface area contributed by atoms with Gasteiger partial charge in [-0.05, 0) is 18.6 Å². The molecule has 88 valence electrons. The molecule has 0 aromatic carbocycles. The molecule has 4 N–H and O–H groups in total. The Hall–Kier alpha value is -2.43. The first-order valence-corrected chi connectivity index (χ1v) is 4.94. The summed E-state index contributed by atoms with van der Waals surface area (Å²) in [4.78, 5) is 19.1. The van der Waals surface area contributed by atoms with Crippen LogP contribution in [-0.4, -0.2) is 16.9 Å². The molecular weight excluding hydrogens is 216 g/mol. The van der Waals surface area contributed by atoms with E-state index >= 15 is 0 Å². The van der Waals surface area contributed by atoms with E-state index in [1.54, 1.807) is 18.2 Å². The third kappa shape index (κ3) is 3.57. The highest BCUT2D eigenvalue weighted by Crippen LogP contribution is 2.11. The number of guanidine groups is 1. The van der Waals surface area contributed by atoms with E-state index in [1.165, 1.54) is 6.20 Å². The first-order valence-electron chi connectivity index (χ1n) is 4.94. The molecule has 1 rings (SSSR count). The minimum atomic E-state index is -0.509. The van der Waals surface area contributed by atoms with E-state index in [2.05, 4.69) is 16.6 Å². The van der Waals surface area contributed by atoms with Crippen molar-refractivity contribution in [3.8, 4) is 0 Å². The maximum Gasteiger partial charge on any atom is 0.281 e. The monoisotopic (exact) mass is 230 g/mol. The fourth-order valence-corrected chi connectivity index (χ4v) is 1.19. The summed E-state index contributed by atoms with van der Waals surface area (Å²) in [6.45, 7) is 5.42. The number of aryl methyl sites for hydroxylation is 1. The Bertz CT molecular complexity index is 499. The van der Waals surface area contributed by atoms with E-state index in [0.717, 1.165) is 11.3 Å². The molecule has 0 saturated heterocycles. The maximum absolute atomic E-state index is 11.6. The largest absolute Gasteiger partial charge is 0.370 e. The SMILES string of the molecule is C=C/C=C\c1cc(C(=O)N=C(N)N)cnc1C. The number of allylic oxidation sites excluding steroid dienone is 2. The molecule has 0 spiro atoms. The molecule has 17 heavy (non-hydrogen) atoms. The molecule has 0 radical (unpaired) electrons. The van der Waals surface area contributed by atoms with Gasteiger partial charge >= 0.3 is 0 Å². The molecule has 0 aliphatic carbocycles. The van der Waals surface area contributed by atoms with Gasteiger partial charge in [-0.2, -0.15) is 4.99 Å². The highest BCUT2D eigenvalue weighted by Gasteiger charge is 2.07. The van der Waals surface area contributed by atoms with Gasteiger partial charge in [-0.15, -0.1) is 0 Å².